The van der Waals surface area contributed by atoms with Crippen LogP contribution in [0.25, 0.3) is 0 Å². The van der Waals surface area contributed by atoms with Gasteiger partial charge in [-0.15, -0.1) is 12.4 Å². The van der Waals surface area contributed by atoms with Crippen LogP contribution in [0.1, 0.15) is 22.3 Å². The fourth-order valence-electron chi connectivity index (χ4n) is 1.65. The first kappa shape index (κ1) is 16.6. The second kappa shape index (κ2) is 9.47. The number of rotatable bonds is 7. The van der Waals surface area contributed by atoms with Crippen molar-refractivity contribution >= 4 is 29.7 Å². The zero-order valence-corrected chi connectivity index (χ0v) is 12.7. The Hall–Kier alpha value is -1.43. The van der Waals surface area contributed by atoms with Crippen molar-refractivity contribution in [2.75, 3.05) is 13.1 Å². The van der Waals surface area contributed by atoms with E-state index in [0.29, 0.717) is 6.54 Å². The van der Waals surface area contributed by atoms with Gasteiger partial charge in [-0.2, -0.15) is 11.3 Å². The summed E-state index contributed by atoms with van der Waals surface area (Å²) in [4.78, 5) is 15.7. The number of nitrogens with zero attached hydrogens (tertiary/aromatic N) is 1. The van der Waals surface area contributed by atoms with E-state index in [1.54, 1.807) is 6.20 Å². The van der Waals surface area contributed by atoms with Gasteiger partial charge in [-0.05, 0) is 36.0 Å². The molecule has 108 valence electrons. The number of carbonyl (C=O) groups is 1. The third kappa shape index (κ3) is 5.69. The maximum absolute atomic E-state index is 11.6. The van der Waals surface area contributed by atoms with Crippen LogP contribution in [0.2, 0.25) is 0 Å². The number of halogens is 1. The topological polar surface area (TPSA) is 54.0 Å². The van der Waals surface area contributed by atoms with Crippen molar-refractivity contribution in [3.05, 3.63) is 52.5 Å². The average Bonchev–Trinajstić information content (AvgIpc) is 2.98. The van der Waals surface area contributed by atoms with Gasteiger partial charge in [0.05, 0.1) is 0 Å². The number of hydrogen-bond acceptors (Lipinski definition) is 4. The summed E-state index contributed by atoms with van der Waals surface area (Å²) in [6, 6.07) is 5.80. The van der Waals surface area contributed by atoms with Gasteiger partial charge in [0.1, 0.15) is 0 Å². The van der Waals surface area contributed by atoms with E-state index in [0.717, 1.165) is 25.1 Å². The molecule has 4 nitrogen and oxygen atoms in total. The summed E-state index contributed by atoms with van der Waals surface area (Å²) in [5, 5.41) is 9.98. The molecule has 0 radical (unpaired) electrons. The maximum Gasteiger partial charge on any atom is 0.252 e. The van der Waals surface area contributed by atoms with Gasteiger partial charge in [-0.25, -0.2) is 0 Å². The number of aromatic nitrogens is 1. The molecule has 2 rings (SSSR count). The molecule has 6 heteroatoms. The minimum Gasteiger partial charge on any atom is -0.352 e. The first-order valence-electron chi connectivity index (χ1n) is 6.26. The van der Waals surface area contributed by atoms with Gasteiger partial charge < -0.3 is 10.6 Å². The first-order chi connectivity index (χ1) is 9.36. The lowest BCUT2D eigenvalue weighted by Gasteiger charge is -2.05. The van der Waals surface area contributed by atoms with Crippen molar-refractivity contribution in [1.82, 2.24) is 15.6 Å². The highest BCUT2D eigenvalue weighted by Crippen LogP contribution is 2.04. The van der Waals surface area contributed by atoms with Crippen LogP contribution in [0.4, 0.5) is 0 Å². The molecule has 2 N–H and O–H groups in total. The average molecular weight is 312 g/mol. The molecule has 0 aromatic carbocycles. The van der Waals surface area contributed by atoms with Crippen molar-refractivity contribution in [3.63, 3.8) is 0 Å². The van der Waals surface area contributed by atoms with E-state index >= 15 is 0 Å². The molecule has 0 atom stereocenters. The summed E-state index contributed by atoms with van der Waals surface area (Å²) in [5.74, 6) is 0.00788. The van der Waals surface area contributed by atoms with E-state index < -0.39 is 0 Å². The van der Waals surface area contributed by atoms with E-state index in [2.05, 4.69) is 15.6 Å². The maximum atomic E-state index is 11.6. The standard InChI is InChI=1S/C14H17N3OS.ClH/c18-14(13-4-8-19-11-13)17-7-2-6-16-10-12-3-1-5-15-9-12;/h1,3-5,8-9,11,16H,2,6-7,10H2,(H,17,18);1H. The molecule has 0 saturated heterocycles. The fourth-order valence-corrected chi connectivity index (χ4v) is 2.28. The van der Waals surface area contributed by atoms with E-state index in [-0.39, 0.29) is 18.3 Å². The lowest BCUT2D eigenvalue weighted by atomic mass is 10.3. The van der Waals surface area contributed by atoms with Gasteiger partial charge in [0.15, 0.2) is 0 Å². The van der Waals surface area contributed by atoms with Crippen LogP contribution in [-0.2, 0) is 6.54 Å². The van der Waals surface area contributed by atoms with Crippen LogP contribution < -0.4 is 10.6 Å². The van der Waals surface area contributed by atoms with Crippen LogP contribution >= 0.6 is 23.7 Å². The molecule has 0 aliphatic heterocycles. The number of pyridine rings is 1. The molecular formula is C14H18ClN3OS. The molecule has 0 bridgehead atoms. The van der Waals surface area contributed by atoms with E-state index in [4.69, 9.17) is 0 Å². The summed E-state index contributed by atoms with van der Waals surface area (Å²) in [6.07, 6.45) is 4.53. The highest BCUT2D eigenvalue weighted by Gasteiger charge is 2.03. The summed E-state index contributed by atoms with van der Waals surface area (Å²) < 4.78 is 0. The molecule has 0 aliphatic rings. The predicted octanol–water partition coefficient (Wildman–Crippen LogP) is 2.47. The molecule has 0 saturated carbocycles. The minimum atomic E-state index is 0. The van der Waals surface area contributed by atoms with Gasteiger partial charge >= 0.3 is 0 Å². The summed E-state index contributed by atoms with van der Waals surface area (Å²) in [6.45, 7) is 2.37. The third-order valence-corrected chi connectivity index (χ3v) is 3.33. The number of carbonyl (C=O) groups excluding carboxylic acids is 1. The highest BCUT2D eigenvalue weighted by atomic mass is 35.5. The normalized spacial score (nSPS) is 9.80. The summed E-state index contributed by atoms with van der Waals surface area (Å²) in [7, 11) is 0. The van der Waals surface area contributed by atoms with Crippen LogP contribution in [0.15, 0.2) is 41.4 Å². The van der Waals surface area contributed by atoms with Crippen molar-refractivity contribution in [2.24, 2.45) is 0 Å². The highest BCUT2D eigenvalue weighted by molar-refractivity contribution is 7.08. The quantitative estimate of drug-likeness (QED) is 0.772. The molecular weight excluding hydrogens is 294 g/mol. The van der Waals surface area contributed by atoms with E-state index in [9.17, 15) is 4.79 Å². The van der Waals surface area contributed by atoms with Gasteiger partial charge in [0.2, 0.25) is 0 Å². The van der Waals surface area contributed by atoms with Gasteiger partial charge in [-0.3, -0.25) is 9.78 Å². The lowest BCUT2D eigenvalue weighted by molar-refractivity contribution is 0.0953. The van der Waals surface area contributed by atoms with Gasteiger partial charge in [0, 0.05) is 36.4 Å². The van der Waals surface area contributed by atoms with Crippen LogP contribution in [0, 0.1) is 0 Å². The summed E-state index contributed by atoms with van der Waals surface area (Å²) >= 11 is 1.53. The number of thiophene rings is 1. The SMILES string of the molecule is Cl.O=C(NCCCNCc1cccnc1)c1ccsc1. The second-order valence-corrected chi connectivity index (χ2v) is 4.94. The number of hydrogen-bond donors (Lipinski definition) is 2. The van der Waals surface area contributed by atoms with Crippen molar-refractivity contribution in [1.29, 1.82) is 0 Å². The molecule has 0 fully saturated rings. The van der Waals surface area contributed by atoms with Crippen molar-refractivity contribution in [3.8, 4) is 0 Å². The van der Waals surface area contributed by atoms with Crippen molar-refractivity contribution in [2.45, 2.75) is 13.0 Å². The third-order valence-electron chi connectivity index (χ3n) is 2.65. The van der Waals surface area contributed by atoms with Crippen LogP contribution in [-0.4, -0.2) is 24.0 Å². The van der Waals surface area contributed by atoms with Gasteiger partial charge in [-0.1, -0.05) is 6.07 Å². The predicted molar refractivity (Wildman–Crippen MR) is 84.5 cm³/mol. The first-order valence-corrected chi connectivity index (χ1v) is 7.20. The summed E-state index contributed by atoms with van der Waals surface area (Å²) in [5.41, 5.74) is 1.91. The fraction of sp³-hybridized carbons (Fsp3) is 0.286. The zero-order valence-electron chi connectivity index (χ0n) is 11.0. The Bertz CT molecular complexity index is 490. The van der Waals surface area contributed by atoms with Crippen LogP contribution in [0.3, 0.4) is 0 Å². The molecule has 2 aromatic heterocycles. The van der Waals surface area contributed by atoms with Crippen LogP contribution in [0.5, 0.6) is 0 Å². The Kier molecular flexibility index (Phi) is 7.87. The number of amides is 1. The molecule has 2 heterocycles. The monoisotopic (exact) mass is 311 g/mol. The largest absolute Gasteiger partial charge is 0.352 e. The Morgan fingerprint density at radius 2 is 2.20 bits per heavy atom. The van der Waals surface area contributed by atoms with Crippen molar-refractivity contribution < 1.29 is 4.79 Å². The van der Waals surface area contributed by atoms with Gasteiger partial charge in [0.25, 0.3) is 5.91 Å². The Balaban J connectivity index is 0.00000200. The molecule has 20 heavy (non-hydrogen) atoms. The Labute approximate surface area is 129 Å². The molecule has 0 unspecified atom stereocenters. The zero-order chi connectivity index (χ0) is 13.3. The number of nitrogens with one attached hydrogen (secondary N) is 2. The Morgan fingerprint density at radius 3 is 2.90 bits per heavy atom. The molecule has 1 amide bonds. The molecule has 2 aromatic rings. The minimum absolute atomic E-state index is 0. The second-order valence-electron chi connectivity index (χ2n) is 4.16. The molecule has 0 aliphatic carbocycles. The van der Waals surface area contributed by atoms with E-state index in [1.807, 2.05) is 35.2 Å². The lowest BCUT2D eigenvalue weighted by Crippen LogP contribution is -2.26. The molecule has 0 spiro atoms. The Morgan fingerprint density at radius 1 is 1.30 bits per heavy atom. The smallest absolute Gasteiger partial charge is 0.252 e. The van der Waals surface area contributed by atoms with E-state index in [1.165, 1.54) is 16.9 Å².